The molecule has 190 valence electrons. The van der Waals surface area contributed by atoms with E-state index in [1.54, 1.807) is 65.8 Å². The van der Waals surface area contributed by atoms with Crippen LogP contribution >= 0.6 is 7.60 Å². The van der Waals surface area contributed by atoms with Crippen molar-refractivity contribution in [3.63, 3.8) is 0 Å². The molecular formula is C23H34NO9P. The summed E-state index contributed by atoms with van der Waals surface area (Å²) >= 11 is 0. The molecule has 0 bridgehead atoms. The molecule has 0 heterocycles. The monoisotopic (exact) mass is 499 g/mol. The fourth-order valence-corrected chi connectivity index (χ4v) is 3.10. The molecule has 11 heteroatoms. The summed E-state index contributed by atoms with van der Waals surface area (Å²) in [7, 11) is -4.07. The first-order valence-electron chi connectivity index (χ1n) is 10.6. The van der Waals surface area contributed by atoms with Crippen LogP contribution in [-0.4, -0.2) is 48.2 Å². The van der Waals surface area contributed by atoms with Crippen molar-refractivity contribution < 1.29 is 42.7 Å². The van der Waals surface area contributed by atoms with Gasteiger partial charge in [0.25, 0.3) is 5.91 Å². The van der Waals surface area contributed by atoms with Crippen molar-refractivity contribution in [1.82, 2.24) is 5.06 Å². The first-order chi connectivity index (χ1) is 15.6. The highest BCUT2D eigenvalue weighted by atomic mass is 31.2. The van der Waals surface area contributed by atoms with Gasteiger partial charge in [0.1, 0.15) is 0 Å². The molecule has 1 amide bonds. The maximum Gasteiger partial charge on any atom is 0.359 e. The number of hydrogen-bond donors (Lipinski definition) is 1. The Kier molecular flexibility index (Phi) is 11.1. The molecular weight excluding hydrogens is 465 g/mol. The van der Waals surface area contributed by atoms with E-state index in [1.807, 2.05) is 6.07 Å². The van der Waals surface area contributed by atoms with Gasteiger partial charge in [-0.05, 0) is 47.1 Å². The largest absolute Gasteiger partial charge is 0.438 e. The van der Waals surface area contributed by atoms with E-state index in [0.717, 1.165) is 5.82 Å². The van der Waals surface area contributed by atoms with E-state index in [4.69, 9.17) is 18.5 Å². The lowest BCUT2D eigenvalue weighted by atomic mass is 9.98. The Labute approximate surface area is 200 Å². The van der Waals surface area contributed by atoms with E-state index in [1.165, 1.54) is 6.08 Å². The quantitative estimate of drug-likeness (QED) is 0.156. The van der Waals surface area contributed by atoms with E-state index < -0.39 is 49.9 Å². The van der Waals surface area contributed by atoms with Gasteiger partial charge < -0.3 is 9.47 Å². The zero-order chi connectivity index (χ0) is 26.0. The van der Waals surface area contributed by atoms with Gasteiger partial charge in [-0.2, -0.15) is 0 Å². The summed E-state index contributed by atoms with van der Waals surface area (Å²) in [5, 5.41) is 10.4. The normalized spacial score (nSPS) is 12.4. The van der Waals surface area contributed by atoms with Crippen LogP contribution in [0, 0.1) is 10.8 Å². The zero-order valence-corrected chi connectivity index (χ0v) is 21.4. The van der Waals surface area contributed by atoms with Crippen LogP contribution in [0.15, 0.2) is 42.2 Å². The van der Waals surface area contributed by atoms with Gasteiger partial charge in [-0.15, -0.1) is 0 Å². The predicted octanol–water partition coefficient (Wildman–Crippen LogP) is 4.28. The summed E-state index contributed by atoms with van der Waals surface area (Å²) < 4.78 is 33.2. The fourth-order valence-electron chi connectivity index (χ4n) is 2.10. The van der Waals surface area contributed by atoms with E-state index in [0.29, 0.717) is 10.6 Å². The molecule has 0 aromatic heterocycles. The fraction of sp³-hybridized carbons (Fsp3) is 0.522. The predicted molar refractivity (Wildman–Crippen MR) is 123 cm³/mol. The van der Waals surface area contributed by atoms with Crippen molar-refractivity contribution in [3.05, 3.63) is 47.8 Å². The maximum atomic E-state index is 13.0. The molecule has 0 saturated carbocycles. The number of nitrogens with zero attached hydrogens (tertiary/aromatic N) is 1. The molecule has 1 rings (SSSR count). The van der Waals surface area contributed by atoms with Crippen LogP contribution in [0.25, 0.3) is 0 Å². The molecule has 0 aliphatic heterocycles. The lowest BCUT2D eigenvalue weighted by molar-refractivity contribution is -0.163. The SMILES string of the molecule is CC(C)(C)C(=O)OCOP(=O)(/C=C/CN(O)C(=O)Cc1ccccc1)OCOC(=O)C(C)(C)C. The molecule has 34 heavy (non-hydrogen) atoms. The molecule has 0 atom stereocenters. The second-order valence-corrected chi connectivity index (χ2v) is 11.3. The van der Waals surface area contributed by atoms with E-state index in [2.05, 4.69) is 0 Å². The average molecular weight is 499 g/mol. The van der Waals surface area contributed by atoms with Crippen LogP contribution in [0.3, 0.4) is 0 Å². The summed E-state index contributed by atoms with van der Waals surface area (Å²) in [6.07, 6.45) is 1.17. The highest BCUT2D eigenvalue weighted by Gasteiger charge is 2.28. The highest BCUT2D eigenvalue weighted by Crippen LogP contribution is 2.49. The Morgan fingerprint density at radius 2 is 1.38 bits per heavy atom. The molecule has 0 spiro atoms. The van der Waals surface area contributed by atoms with Gasteiger partial charge in [-0.25, -0.2) is 5.06 Å². The summed E-state index contributed by atoms with van der Waals surface area (Å²) in [4.78, 5) is 35.9. The van der Waals surface area contributed by atoms with Crippen molar-refractivity contribution in [3.8, 4) is 0 Å². The average Bonchev–Trinajstić information content (AvgIpc) is 2.72. The van der Waals surface area contributed by atoms with Crippen molar-refractivity contribution in [2.75, 3.05) is 20.1 Å². The third-order valence-electron chi connectivity index (χ3n) is 4.12. The lowest BCUT2D eigenvalue weighted by Gasteiger charge is -2.20. The molecule has 0 fully saturated rings. The molecule has 10 nitrogen and oxygen atoms in total. The maximum absolute atomic E-state index is 13.0. The molecule has 0 aliphatic rings. The second-order valence-electron chi connectivity index (χ2n) is 9.42. The zero-order valence-electron chi connectivity index (χ0n) is 20.5. The van der Waals surface area contributed by atoms with Crippen molar-refractivity contribution in [2.45, 2.75) is 48.0 Å². The van der Waals surface area contributed by atoms with Gasteiger partial charge >= 0.3 is 19.5 Å². The first-order valence-corrected chi connectivity index (χ1v) is 12.2. The van der Waals surface area contributed by atoms with Crippen molar-refractivity contribution in [1.29, 1.82) is 0 Å². The number of hydrogen-bond acceptors (Lipinski definition) is 9. The number of carbonyl (C=O) groups is 3. The molecule has 0 radical (unpaired) electrons. The summed E-state index contributed by atoms with van der Waals surface area (Å²) in [6, 6.07) is 8.84. The highest BCUT2D eigenvalue weighted by molar-refractivity contribution is 7.57. The van der Waals surface area contributed by atoms with Gasteiger partial charge in [-0.3, -0.25) is 33.2 Å². The number of rotatable bonds is 11. The number of hydroxylamine groups is 2. The topological polar surface area (TPSA) is 129 Å². The van der Waals surface area contributed by atoms with Crippen LogP contribution in [0.2, 0.25) is 0 Å². The standard InChI is InChI=1S/C23H34NO9P/c1-22(2,3)20(26)30-16-32-34(29,33-17-31-21(27)23(4,5)6)14-10-13-24(28)19(25)15-18-11-8-7-9-12-18/h7-12,14,28H,13,15-17H2,1-6H3/b14-10+. The van der Waals surface area contributed by atoms with E-state index in [9.17, 15) is 24.2 Å². The summed E-state index contributed by atoms with van der Waals surface area (Å²) in [6.45, 7) is 8.16. The van der Waals surface area contributed by atoms with Gasteiger partial charge in [-0.1, -0.05) is 36.4 Å². The minimum atomic E-state index is -4.07. The minimum absolute atomic E-state index is 0.0264. The van der Waals surface area contributed by atoms with Crippen molar-refractivity contribution >= 4 is 25.4 Å². The summed E-state index contributed by atoms with van der Waals surface area (Å²) in [5.41, 5.74) is -0.889. The van der Waals surface area contributed by atoms with Crippen LogP contribution in [0.5, 0.6) is 0 Å². The van der Waals surface area contributed by atoms with Crippen LogP contribution < -0.4 is 0 Å². The third-order valence-corrected chi connectivity index (χ3v) is 5.63. The van der Waals surface area contributed by atoms with E-state index >= 15 is 0 Å². The third kappa shape index (κ3) is 11.1. The Balaban J connectivity index is 2.76. The number of amides is 1. The molecule has 0 unspecified atom stereocenters. The Hall–Kier alpha value is -2.52. The summed E-state index contributed by atoms with van der Waals surface area (Å²) in [5.74, 6) is -0.766. The number of esters is 2. The van der Waals surface area contributed by atoms with Gasteiger partial charge in [0, 0.05) is 5.82 Å². The van der Waals surface area contributed by atoms with Crippen LogP contribution in [0.4, 0.5) is 0 Å². The van der Waals surface area contributed by atoms with Gasteiger partial charge in [0.2, 0.25) is 13.6 Å². The Morgan fingerprint density at radius 1 is 0.912 bits per heavy atom. The lowest BCUT2D eigenvalue weighted by Crippen LogP contribution is -2.29. The molecule has 0 saturated heterocycles. The van der Waals surface area contributed by atoms with Gasteiger partial charge in [0.15, 0.2) is 0 Å². The smallest absolute Gasteiger partial charge is 0.359 e. The van der Waals surface area contributed by atoms with E-state index in [-0.39, 0.29) is 13.0 Å². The number of benzene rings is 1. The number of carbonyl (C=O) groups excluding carboxylic acids is 3. The minimum Gasteiger partial charge on any atom is -0.438 e. The van der Waals surface area contributed by atoms with Gasteiger partial charge in [0.05, 0.1) is 23.8 Å². The Morgan fingerprint density at radius 3 is 1.82 bits per heavy atom. The molecule has 1 N–H and O–H groups in total. The molecule has 1 aromatic rings. The number of ether oxygens (including phenoxy) is 2. The van der Waals surface area contributed by atoms with Crippen LogP contribution in [-0.2, 0) is 43.9 Å². The molecule has 1 aromatic carbocycles. The van der Waals surface area contributed by atoms with Crippen LogP contribution in [0.1, 0.15) is 47.1 Å². The van der Waals surface area contributed by atoms with Crippen molar-refractivity contribution in [2.24, 2.45) is 10.8 Å². The Bertz CT molecular complexity index is 865. The first kappa shape index (κ1) is 29.5. The molecule has 0 aliphatic carbocycles. The second kappa shape index (κ2) is 12.8.